The van der Waals surface area contributed by atoms with Crippen molar-refractivity contribution < 1.29 is 19.5 Å². The Morgan fingerprint density at radius 1 is 1.32 bits per heavy atom. The summed E-state index contributed by atoms with van der Waals surface area (Å²) in [5, 5.41) is 9.13. The van der Waals surface area contributed by atoms with E-state index in [1.54, 1.807) is 4.90 Å². The second kappa shape index (κ2) is 6.27. The maximum Gasteiger partial charge on any atom is 0.326 e. The number of carbonyl (C=O) groups is 3. The molecule has 7 heteroatoms. The number of nitrogens with zero attached hydrogens (tertiary/aromatic N) is 2. The van der Waals surface area contributed by atoms with Crippen LogP contribution in [0.3, 0.4) is 0 Å². The Morgan fingerprint density at radius 2 is 2.11 bits per heavy atom. The number of likely N-dealkylation sites (tertiary alicyclic amines) is 1. The number of carbonyl (C=O) groups excluding carboxylic acids is 2. The molecule has 0 bridgehead atoms. The third-order valence-electron chi connectivity index (χ3n) is 3.55. The number of hydrogen-bond acceptors (Lipinski definition) is 4. The fourth-order valence-electron chi connectivity index (χ4n) is 2.49. The summed E-state index contributed by atoms with van der Waals surface area (Å²) in [6.07, 6.45) is 2.45. The average Bonchev–Trinajstić information content (AvgIpc) is 2.81. The van der Waals surface area contributed by atoms with Crippen molar-refractivity contribution >= 4 is 28.9 Å². The Morgan fingerprint density at radius 3 is 2.74 bits per heavy atom. The zero-order valence-electron chi connectivity index (χ0n) is 10.7. The van der Waals surface area contributed by atoms with Crippen LogP contribution in [0.25, 0.3) is 0 Å². The molecule has 0 aromatic rings. The predicted octanol–water partition coefficient (Wildman–Crippen LogP) is 1.01. The molecule has 106 valence electrons. The van der Waals surface area contributed by atoms with E-state index in [1.165, 1.54) is 16.7 Å². The van der Waals surface area contributed by atoms with E-state index < -0.39 is 12.0 Å². The van der Waals surface area contributed by atoms with Crippen LogP contribution >= 0.6 is 11.8 Å². The molecule has 1 N–H and O–H groups in total. The minimum absolute atomic E-state index is 0.0150. The summed E-state index contributed by atoms with van der Waals surface area (Å²) in [4.78, 5) is 37.7. The standard InChI is InChI=1S/C12H18N2O4S/c15-10(4-6-13-7-8-19-12(13)18)14-5-2-1-3-9(14)11(16)17/h9H,1-8H2,(H,16,17). The van der Waals surface area contributed by atoms with Gasteiger partial charge in [-0.3, -0.25) is 9.59 Å². The smallest absolute Gasteiger partial charge is 0.326 e. The van der Waals surface area contributed by atoms with Crippen molar-refractivity contribution in [2.24, 2.45) is 0 Å². The molecule has 2 saturated heterocycles. The number of hydrogen-bond donors (Lipinski definition) is 1. The molecule has 1 atom stereocenters. The van der Waals surface area contributed by atoms with E-state index in [0.717, 1.165) is 18.6 Å². The first-order valence-corrected chi connectivity index (χ1v) is 7.52. The summed E-state index contributed by atoms with van der Waals surface area (Å²) in [5.41, 5.74) is 0. The summed E-state index contributed by atoms with van der Waals surface area (Å²) in [5.74, 6) is -0.313. The van der Waals surface area contributed by atoms with Crippen LogP contribution in [0.15, 0.2) is 0 Å². The summed E-state index contributed by atoms with van der Waals surface area (Å²) < 4.78 is 0. The molecule has 2 aliphatic rings. The van der Waals surface area contributed by atoms with Crippen LogP contribution in [-0.4, -0.2) is 63.5 Å². The SMILES string of the molecule is O=C(O)C1CCCCN1C(=O)CCN1CCSC1=O. The van der Waals surface area contributed by atoms with E-state index >= 15 is 0 Å². The lowest BCUT2D eigenvalue weighted by atomic mass is 10.0. The predicted molar refractivity (Wildman–Crippen MR) is 71.0 cm³/mol. The van der Waals surface area contributed by atoms with Crippen molar-refractivity contribution in [2.75, 3.05) is 25.4 Å². The van der Waals surface area contributed by atoms with Crippen molar-refractivity contribution in [2.45, 2.75) is 31.7 Å². The number of thioether (sulfide) groups is 1. The second-order valence-electron chi connectivity index (χ2n) is 4.79. The highest BCUT2D eigenvalue weighted by molar-refractivity contribution is 8.13. The first-order chi connectivity index (χ1) is 9.09. The van der Waals surface area contributed by atoms with Gasteiger partial charge in [0.25, 0.3) is 5.24 Å². The quantitative estimate of drug-likeness (QED) is 0.834. The number of rotatable bonds is 4. The summed E-state index contributed by atoms with van der Waals surface area (Å²) in [7, 11) is 0. The minimum Gasteiger partial charge on any atom is -0.480 e. The fourth-order valence-corrected chi connectivity index (χ4v) is 3.34. The van der Waals surface area contributed by atoms with Gasteiger partial charge in [-0.15, -0.1) is 0 Å². The van der Waals surface area contributed by atoms with E-state index in [1.807, 2.05) is 0 Å². The molecule has 0 spiro atoms. The Kier molecular flexibility index (Phi) is 4.68. The Hall–Kier alpha value is -1.24. The van der Waals surface area contributed by atoms with E-state index in [0.29, 0.717) is 26.1 Å². The van der Waals surface area contributed by atoms with Gasteiger partial charge < -0.3 is 14.9 Å². The number of aliphatic carboxylic acids is 1. The minimum atomic E-state index is -0.930. The molecule has 2 heterocycles. The highest BCUT2D eigenvalue weighted by Crippen LogP contribution is 2.20. The maximum atomic E-state index is 12.1. The van der Waals surface area contributed by atoms with Gasteiger partial charge in [-0.1, -0.05) is 11.8 Å². The lowest BCUT2D eigenvalue weighted by Gasteiger charge is -2.33. The first kappa shape index (κ1) is 14.2. The van der Waals surface area contributed by atoms with Crippen LogP contribution in [0, 0.1) is 0 Å². The molecule has 2 aliphatic heterocycles. The number of amides is 2. The van der Waals surface area contributed by atoms with E-state index in [2.05, 4.69) is 0 Å². The number of carboxylic acid groups (broad SMARTS) is 1. The van der Waals surface area contributed by atoms with Crippen LogP contribution in [0.4, 0.5) is 4.79 Å². The van der Waals surface area contributed by atoms with E-state index in [9.17, 15) is 14.4 Å². The molecule has 0 aromatic carbocycles. The zero-order chi connectivity index (χ0) is 13.8. The van der Waals surface area contributed by atoms with Gasteiger partial charge in [-0.25, -0.2) is 4.79 Å². The summed E-state index contributed by atoms with van der Waals surface area (Å²) >= 11 is 1.27. The molecular formula is C12H18N2O4S. The molecule has 2 amide bonds. The molecule has 2 fully saturated rings. The van der Waals surface area contributed by atoms with Crippen LogP contribution in [-0.2, 0) is 9.59 Å². The monoisotopic (exact) mass is 286 g/mol. The maximum absolute atomic E-state index is 12.1. The van der Waals surface area contributed by atoms with Gasteiger partial charge in [0, 0.05) is 31.8 Å². The highest BCUT2D eigenvalue weighted by atomic mass is 32.2. The van der Waals surface area contributed by atoms with Gasteiger partial charge >= 0.3 is 5.97 Å². The normalized spacial score (nSPS) is 23.8. The number of piperidine rings is 1. The van der Waals surface area contributed by atoms with Gasteiger partial charge in [0.2, 0.25) is 5.91 Å². The van der Waals surface area contributed by atoms with Crippen LogP contribution in [0.5, 0.6) is 0 Å². The third kappa shape index (κ3) is 3.40. The number of carboxylic acids is 1. The van der Waals surface area contributed by atoms with Gasteiger partial charge in [0.1, 0.15) is 6.04 Å². The summed E-state index contributed by atoms with van der Waals surface area (Å²) in [6, 6.07) is -0.690. The topological polar surface area (TPSA) is 77.9 Å². The van der Waals surface area contributed by atoms with Crippen molar-refractivity contribution in [1.82, 2.24) is 9.80 Å². The Labute approximate surface area is 116 Å². The molecule has 2 rings (SSSR count). The lowest BCUT2D eigenvalue weighted by molar-refractivity contribution is -0.152. The van der Waals surface area contributed by atoms with E-state index in [-0.39, 0.29) is 17.6 Å². The Balaban J connectivity index is 1.87. The van der Waals surface area contributed by atoms with Crippen LogP contribution in [0.1, 0.15) is 25.7 Å². The molecule has 1 unspecified atom stereocenters. The molecule has 0 saturated carbocycles. The Bertz CT molecular complexity index is 388. The second-order valence-corrected chi connectivity index (χ2v) is 5.83. The van der Waals surface area contributed by atoms with Crippen LogP contribution < -0.4 is 0 Å². The van der Waals surface area contributed by atoms with Gasteiger partial charge in [0.05, 0.1) is 0 Å². The van der Waals surface area contributed by atoms with Crippen LogP contribution in [0.2, 0.25) is 0 Å². The first-order valence-electron chi connectivity index (χ1n) is 6.53. The molecular weight excluding hydrogens is 268 g/mol. The fraction of sp³-hybridized carbons (Fsp3) is 0.750. The highest BCUT2D eigenvalue weighted by Gasteiger charge is 2.32. The summed E-state index contributed by atoms with van der Waals surface area (Å²) in [6.45, 7) is 1.59. The zero-order valence-corrected chi connectivity index (χ0v) is 11.5. The van der Waals surface area contributed by atoms with Crippen molar-refractivity contribution in [3.63, 3.8) is 0 Å². The third-order valence-corrected chi connectivity index (χ3v) is 4.44. The van der Waals surface area contributed by atoms with Gasteiger partial charge in [-0.05, 0) is 19.3 Å². The lowest BCUT2D eigenvalue weighted by Crippen LogP contribution is -2.48. The average molecular weight is 286 g/mol. The van der Waals surface area contributed by atoms with Gasteiger partial charge in [0.15, 0.2) is 0 Å². The largest absolute Gasteiger partial charge is 0.480 e. The van der Waals surface area contributed by atoms with Crippen molar-refractivity contribution in [1.29, 1.82) is 0 Å². The molecule has 6 nitrogen and oxygen atoms in total. The molecule has 0 aliphatic carbocycles. The molecule has 0 aromatic heterocycles. The van der Waals surface area contributed by atoms with Gasteiger partial charge in [-0.2, -0.15) is 0 Å². The molecule has 0 radical (unpaired) electrons. The van der Waals surface area contributed by atoms with E-state index in [4.69, 9.17) is 5.11 Å². The molecule has 19 heavy (non-hydrogen) atoms. The van der Waals surface area contributed by atoms with Crippen molar-refractivity contribution in [3.8, 4) is 0 Å². The van der Waals surface area contributed by atoms with Crippen molar-refractivity contribution in [3.05, 3.63) is 0 Å².